The molecule has 2 atom stereocenters. The summed E-state index contributed by atoms with van der Waals surface area (Å²) in [6.45, 7) is 4.88. The normalized spacial score (nSPS) is 13.0. The van der Waals surface area contributed by atoms with Crippen LogP contribution in [0, 0.1) is 12.8 Å². The highest BCUT2D eigenvalue weighted by Gasteiger charge is 2.21. The fourth-order valence-corrected chi connectivity index (χ4v) is 2.76. The van der Waals surface area contributed by atoms with E-state index in [1.54, 1.807) is 6.92 Å². The third-order valence-electron chi connectivity index (χ3n) is 3.10. The number of alkyl carbamates (subject to hydrolysis) is 1. The smallest absolute Gasteiger partial charge is 0.410 e. The first kappa shape index (κ1) is 19.0. The number of carboxylic acids is 1. The van der Waals surface area contributed by atoms with Gasteiger partial charge in [0.15, 0.2) is 0 Å². The maximum Gasteiger partial charge on any atom is 0.410 e. The van der Waals surface area contributed by atoms with E-state index in [4.69, 9.17) is 9.47 Å². The molecule has 0 aliphatic heterocycles. The van der Waals surface area contributed by atoms with Gasteiger partial charge < -0.3 is 19.9 Å². The Labute approximate surface area is 138 Å². The Bertz CT molecular complexity index is 556. The largest absolute Gasteiger partial charge is 0.481 e. The zero-order valence-corrected chi connectivity index (χ0v) is 14.1. The lowest BCUT2D eigenvalue weighted by atomic mass is 10.0. The van der Waals surface area contributed by atoms with Gasteiger partial charge in [-0.15, -0.1) is 11.3 Å². The van der Waals surface area contributed by atoms with E-state index in [0.29, 0.717) is 6.42 Å². The van der Waals surface area contributed by atoms with E-state index in [1.165, 1.54) is 18.3 Å². The van der Waals surface area contributed by atoms with Crippen LogP contribution in [0.4, 0.5) is 4.79 Å². The first-order valence-corrected chi connectivity index (χ1v) is 8.11. The minimum absolute atomic E-state index is 0.0695. The number of carbonyl (C=O) groups is 3. The predicted molar refractivity (Wildman–Crippen MR) is 84.2 cm³/mol. The molecule has 8 heteroatoms. The van der Waals surface area contributed by atoms with Crippen LogP contribution in [0.25, 0.3) is 0 Å². The Morgan fingerprint density at radius 1 is 1.35 bits per heavy atom. The van der Waals surface area contributed by atoms with Crippen LogP contribution in [0.5, 0.6) is 0 Å². The van der Waals surface area contributed by atoms with Gasteiger partial charge in [0.25, 0.3) is 0 Å². The van der Waals surface area contributed by atoms with Crippen molar-refractivity contribution in [3.05, 3.63) is 21.9 Å². The number of aliphatic carboxylic acids is 1. The Balaban J connectivity index is 2.46. The molecule has 7 nitrogen and oxygen atoms in total. The maximum atomic E-state index is 11.6. The lowest BCUT2D eigenvalue weighted by molar-refractivity contribution is -0.164. The van der Waals surface area contributed by atoms with E-state index in [1.807, 2.05) is 18.4 Å². The highest BCUT2D eigenvalue weighted by atomic mass is 32.1. The van der Waals surface area contributed by atoms with E-state index in [-0.39, 0.29) is 13.0 Å². The number of ether oxygens (including phenoxy) is 2. The van der Waals surface area contributed by atoms with E-state index in [9.17, 15) is 19.5 Å². The fourth-order valence-electron chi connectivity index (χ4n) is 1.78. The van der Waals surface area contributed by atoms with Gasteiger partial charge in [-0.2, -0.15) is 0 Å². The van der Waals surface area contributed by atoms with Gasteiger partial charge in [0, 0.05) is 24.8 Å². The molecule has 128 valence electrons. The molecule has 1 heterocycles. The Hall–Kier alpha value is -2.09. The quantitative estimate of drug-likeness (QED) is 0.555. The first-order valence-electron chi connectivity index (χ1n) is 7.23. The number of aryl methyl sites for hydroxylation is 1. The summed E-state index contributed by atoms with van der Waals surface area (Å²) in [4.78, 5) is 34.9. The monoisotopic (exact) mass is 343 g/mol. The molecule has 23 heavy (non-hydrogen) atoms. The lowest BCUT2D eigenvalue weighted by Crippen LogP contribution is -2.36. The molecule has 1 aromatic rings. The van der Waals surface area contributed by atoms with Crippen LogP contribution in [-0.2, 0) is 25.5 Å². The molecule has 1 aromatic heterocycles. The number of carboxylic acid groups (broad SMARTS) is 1. The average Bonchev–Trinajstić information content (AvgIpc) is 2.87. The Morgan fingerprint density at radius 3 is 2.57 bits per heavy atom. The summed E-state index contributed by atoms with van der Waals surface area (Å²) in [5.74, 6) is -2.24. The second-order valence-electron chi connectivity index (χ2n) is 4.96. The molecule has 1 amide bonds. The van der Waals surface area contributed by atoms with Crippen molar-refractivity contribution in [3.63, 3.8) is 0 Å². The van der Waals surface area contributed by atoms with Gasteiger partial charge in [-0.1, -0.05) is 6.92 Å². The summed E-state index contributed by atoms with van der Waals surface area (Å²) in [6.07, 6.45) is -1.34. The van der Waals surface area contributed by atoms with Crippen LogP contribution in [0.15, 0.2) is 11.4 Å². The minimum atomic E-state index is -1.02. The number of rotatable bonds is 8. The second kappa shape index (κ2) is 9.14. The molecule has 0 radical (unpaired) electrons. The molecule has 0 bridgehead atoms. The highest BCUT2D eigenvalue weighted by Crippen LogP contribution is 2.19. The van der Waals surface area contributed by atoms with Gasteiger partial charge in [-0.25, -0.2) is 4.79 Å². The number of esters is 1. The number of hydrogen-bond donors (Lipinski definition) is 2. The lowest BCUT2D eigenvalue weighted by Gasteiger charge is -2.16. The van der Waals surface area contributed by atoms with Crippen molar-refractivity contribution in [2.75, 3.05) is 6.54 Å². The van der Waals surface area contributed by atoms with Crippen LogP contribution in [-0.4, -0.2) is 36.0 Å². The number of amides is 1. The summed E-state index contributed by atoms with van der Waals surface area (Å²) < 4.78 is 9.62. The summed E-state index contributed by atoms with van der Waals surface area (Å²) in [5.41, 5.74) is 1.03. The van der Waals surface area contributed by atoms with Crippen molar-refractivity contribution in [2.45, 2.75) is 39.9 Å². The molecular formula is C15H21NO6S. The number of thiophene rings is 1. The topological polar surface area (TPSA) is 102 Å². The van der Waals surface area contributed by atoms with Gasteiger partial charge in [0.2, 0.25) is 6.29 Å². The molecule has 1 rings (SSSR count). The van der Waals surface area contributed by atoms with Crippen LogP contribution in [0.1, 0.15) is 30.7 Å². The van der Waals surface area contributed by atoms with Crippen molar-refractivity contribution in [1.82, 2.24) is 5.32 Å². The van der Waals surface area contributed by atoms with Crippen LogP contribution in [0.2, 0.25) is 0 Å². The molecule has 0 fully saturated rings. The van der Waals surface area contributed by atoms with Crippen molar-refractivity contribution in [1.29, 1.82) is 0 Å². The molecule has 0 aromatic carbocycles. The van der Waals surface area contributed by atoms with Crippen LogP contribution < -0.4 is 5.32 Å². The predicted octanol–water partition coefficient (Wildman–Crippen LogP) is 2.33. The van der Waals surface area contributed by atoms with Gasteiger partial charge >= 0.3 is 18.0 Å². The fraction of sp³-hybridized carbons (Fsp3) is 0.533. The maximum absolute atomic E-state index is 11.6. The van der Waals surface area contributed by atoms with E-state index in [2.05, 4.69) is 5.32 Å². The summed E-state index contributed by atoms with van der Waals surface area (Å²) in [7, 11) is 0. The molecule has 0 aliphatic rings. The highest BCUT2D eigenvalue weighted by molar-refractivity contribution is 7.10. The zero-order valence-electron chi connectivity index (χ0n) is 13.3. The molecule has 0 aliphatic carbocycles. The second-order valence-corrected chi connectivity index (χ2v) is 5.96. The minimum Gasteiger partial charge on any atom is -0.481 e. The van der Waals surface area contributed by atoms with Gasteiger partial charge in [0.1, 0.15) is 0 Å². The first-order chi connectivity index (χ1) is 10.8. The van der Waals surface area contributed by atoms with Crippen molar-refractivity contribution in [2.24, 2.45) is 5.92 Å². The molecule has 0 saturated heterocycles. The van der Waals surface area contributed by atoms with Gasteiger partial charge in [-0.05, 0) is 30.4 Å². The molecule has 0 spiro atoms. The van der Waals surface area contributed by atoms with E-state index < -0.39 is 30.2 Å². The number of nitrogens with one attached hydrogen (secondary N) is 1. The van der Waals surface area contributed by atoms with Crippen molar-refractivity contribution >= 4 is 29.4 Å². The SMILES string of the molecule is CCC(=O)O[C@H](C)OC(=O)NC[C@H](Cc1sccc1C)C(=O)O. The number of carbonyl (C=O) groups excluding carboxylic acids is 2. The van der Waals surface area contributed by atoms with Crippen molar-refractivity contribution in [3.8, 4) is 0 Å². The number of hydrogen-bond acceptors (Lipinski definition) is 6. The third kappa shape index (κ3) is 6.68. The zero-order chi connectivity index (χ0) is 17.4. The average molecular weight is 343 g/mol. The molecular weight excluding hydrogens is 322 g/mol. The summed E-state index contributed by atoms with van der Waals surface area (Å²) >= 11 is 1.48. The third-order valence-corrected chi connectivity index (χ3v) is 4.15. The summed E-state index contributed by atoms with van der Waals surface area (Å²) in [5, 5.41) is 13.5. The standard InChI is InChI=1S/C15H21NO6S/c1-4-13(17)21-10(3)22-15(20)16-8-11(14(18)19)7-12-9(2)5-6-23-12/h5-6,10-11H,4,7-8H2,1-3H3,(H,16,20)(H,18,19)/t10-,11-/m0/s1. The van der Waals surface area contributed by atoms with Crippen LogP contribution >= 0.6 is 11.3 Å². The van der Waals surface area contributed by atoms with Crippen LogP contribution in [0.3, 0.4) is 0 Å². The Morgan fingerprint density at radius 2 is 2.04 bits per heavy atom. The Kier molecular flexibility index (Phi) is 7.53. The van der Waals surface area contributed by atoms with Gasteiger partial charge in [0.05, 0.1) is 5.92 Å². The van der Waals surface area contributed by atoms with Gasteiger partial charge in [-0.3, -0.25) is 9.59 Å². The summed E-state index contributed by atoms with van der Waals surface area (Å²) in [6, 6.07) is 1.92. The van der Waals surface area contributed by atoms with E-state index >= 15 is 0 Å². The molecule has 2 N–H and O–H groups in total. The molecule has 0 saturated carbocycles. The van der Waals surface area contributed by atoms with E-state index in [0.717, 1.165) is 10.4 Å². The molecule has 0 unspecified atom stereocenters. The van der Waals surface area contributed by atoms with Crippen molar-refractivity contribution < 1.29 is 29.0 Å².